The Morgan fingerprint density at radius 2 is 1.80 bits per heavy atom. The quantitative estimate of drug-likeness (QED) is 0.472. The molecule has 30 heavy (non-hydrogen) atoms. The maximum absolute atomic E-state index is 11.7. The maximum Gasteiger partial charge on any atom is 0.303 e. The van der Waals surface area contributed by atoms with Crippen molar-refractivity contribution < 1.29 is 31.7 Å². The van der Waals surface area contributed by atoms with Gasteiger partial charge in [0.25, 0.3) is 0 Å². The number of benzene rings is 2. The van der Waals surface area contributed by atoms with Crippen LogP contribution in [0.3, 0.4) is 0 Å². The molecule has 0 atom stereocenters. The summed E-state index contributed by atoms with van der Waals surface area (Å²) < 4.78 is 2.11. The summed E-state index contributed by atoms with van der Waals surface area (Å²) in [5.74, 6) is -1.32. The molecule has 0 saturated heterocycles. The van der Waals surface area contributed by atoms with Crippen molar-refractivity contribution in [1.82, 2.24) is 4.57 Å². The van der Waals surface area contributed by atoms with E-state index in [1.165, 1.54) is 0 Å². The number of carbonyl (C=O) groups excluding carboxylic acids is 1. The van der Waals surface area contributed by atoms with Crippen LogP contribution in [0.2, 0.25) is 0 Å². The third-order valence-corrected chi connectivity index (χ3v) is 4.98. The lowest BCUT2D eigenvalue weighted by Crippen LogP contribution is -3.00. The molecule has 6 nitrogen and oxygen atoms in total. The Balaban J connectivity index is 0.00000320. The van der Waals surface area contributed by atoms with Gasteiger partial charge in [-0.3, -0.25) is 9.59 Å². The van der Waals surface area contributed by atoms with Crippen LogP contribution < -0.4 is 27.1 Å². The first-order valence-corrected chi connectivity index (χ1v) is 9.96. The van der Waals surface area contributed by atoms with E-state index in [2.05, 4.69) is 34.0 Å². The first-order valence-electron chi connectivity index (χ1n) is 9.08. The van der Waals surface area contributed by atoms with Gasteiger partial charge in [0.1, 0.15) is 0 Å². The lowest BCUT2D eigenvalue weighted by molar-refractivity contribution is -0.138. The topological polar surface area (TPSA) is 83.7 Å². The summed E-state index contributed by atoms with van der Waals surface area (Å²) in [5.41, 5.74) is 3.56. The monoisotopic (exact) mass is 486 g/mol. The van der Waals surface area contributed by atoms with E-state index in [9.17, 15) is 9.59 Å². The van der Waals surface area contributed by atoms with E-state index in [0.29, 0.717) is 12.2 Å². The highest BCUT2D eigenvalue weighted by atomic mass is 79.9. The minimum atomic E-state index is -0.993. The number of carboxylic acid groups (broad SMARTS) is 1. The van der Waals surface area contributed by atoms with Gasteiger partial charge in [-0.15, -0.1) is 17.9 Å². The zero-order valence-corrected chi connectivity index (χ0v) is 18.5. The van der Waals surface area contributed by atoms with Crippen molar-refractivity contribution in [2.45, 2.75) is 19.4 Å². The van der Waals surface area contributed by atoms with E-state index >= 15 is 0 Å². The molecule has 2 N–H and O–H groups in total. The molecule has 0 radical (unpaired) electrons. The van der Waals surface area contributed by atoms with Crippen LogP contribution in [0.25, 0.3) is 11.3 Å². The fraction of sp³-hybridized carbons (Fsp3) is 0.136. The normalized spacial score (nSPS) is 10.9. The molecule has 1 heterocycles. The molecular formula is C22H21BrN3O3S-. The molecule has 1 amide bonds. The fourth-order valence-electron chi connectivity index (χ4n) is 2.74. The van der Waals surface area contributed by atoms with Gasteiger partial charge in [-0.05, 0) is 29.8 Å². The number of nitrogens with zero attached hydrogens (tertiary/aromatic N) is 2. The zero-order chi connectivity index (χ0) is 20.6. The molecular weight excluding hydrogens is 466 g/mol. The van der Waals surface area contributed by atoms with Crippen LogP contribution in [0.4, 0.5) is 11.4 Å². The van der Waals surface area contributed by atoms with Crippen LogP contribution in [0, 0.1) is 0 Å². The number of thiazole rings is 1. The highest BCUT2D eigenvalue weighted by Crippen LogP contribution is 2.21. The number of nitrogens with one attached hydrogen (secondary N) is 1. The Bertz CT molecular complexity index is 1070. The number of hydrogen-bond acceptors (Lipinski definition) is 4. The molecule has 0 aliphatic heterocycles. The number of carbonyl (C=O) groups is 2. The molecule has 0 aliphatic rings. The third kappa shape index (κ3) is 6.27. The second-order valence-corrected chi connectivity index (χ2v) is 7.11. The summed E-state index contributed by atoms with van der Waals surface area (Å²) in [5, 5.41) is 13.4. The molecule has 3 rings (SSSR count). The van der Waals surface area contributed by atoms with Crippen LogP contribution in [0.5, 0.6) is 0 Å². The molecule has 2 aromatic carbocycles. The van der Waals surface area contributed by atoms with Gasteiger partial charge in [-0.1, -0.05) is 36.4 Å². The largest absolute Gasteiger partial charge is 1.00 e. The number of carboxylic acids is 1. The van der Waals surface area contributed by atoms with Crippen molar-refractivity contribution >= 4 is 34.6 Å². The van der Waals surface area contributed by atoms with Gasteiger partial charge in [0, 0.05) is 24.0 Å². The number of aliphatic carboxylic acids is 1. The SMILES string of the molecule is C=CCn1c(-c2ccccc2)csc1=Nc1ccc(NC(=O)CCC(=O)O)cc1.[Br-]. The van der Waals surface area contributed by atoms with Crippen molar-refractivity contribution in [2.24, 2.45) is 4.99 Å². The molecule has 8 heteroatoms. The number of allylic oxidation sites excluding steroid dienone is 1. The molecule has 0 saturated carbocycles. The Kier molecular flexibility index (Phi) is 8.76. The standard InChI is InChI=1S/C22H21N3O3S.BrH/c1-2-14-25-19(16-6-4-3-5-7-16)15-29-22(25)24-18-10-8-17(9-11-18)23-20(26)12-13-21(27)28;/h2-11,15H,1,12-14H2,(H,23,26)(H,27,28);1H/p-1. The van der Waals surface area contributed by atoms with E-state index < -0.39 is 5.97 Å². The van der Waals surface area contributed by atoms with Crippen molar-refractivity contribution in [2.75, 3.05) is 5.32 Å². The summed E-state index contributed by atoms with van der Waals surface area (Å²) in [6.45, 7) is 4.49. The lowest BCUT2D eigenvalue weighted by atomic mass is 10.2. The molecule has 0 spiro atoms. The third-order valence-electron chi connectivity index (χ3n) is 4.12. The summed E-state index contributed by atoms with van der Waals surface area (Å²) in [6.07, 6.45) is 1.60. The van der Waals surface area contributed by atoms with Gasteiger partial charge in [-0.2, -0.15) is 0 Å². The van der Waals surface area contributed by atoms with Crippen LogP contribution in [-0.4, -0.2) is 21.6 Å². The number of anilines is 1. The van der Waals surface area contributed by atoms with Crippen LogP contribution in [0.1, 0.15) is 12.8 Å². The summed E-state index contributed by atoms with van der Waals surface area (Å²) in [7, 11) is 0. The number of rotatable bonds is 8. The molecule has 0 unspecified atom stereocenters. The summed E-state index contributed by atoms with van der Waals surface area (Å²) in [4.78, 5) is 27.9. The van der Waals surface area contributed by atoms with Crippen molar-refractivity contribution in [3.05, 3.63) is 77.4 Å². The molecule has 0 aliphatic carbocycles. The van der Waals surface area contributed by atoms with Crippen molar-refractivity contribution in [3.63, 3.8) is 0 Å². The van der Waals surface area contributed by atoms with E-state index in [-0.39, 0.29) is 35.7 Å². The van der Waals surface area contributed by atoms with E-state index in [0.717, 1.165) is 21.7 Å². The highest BCUT2D eigenvalue weighted by molar-refractivity contribution is 7.07. The Labute approximate surface area is 189 Å². The maximum atomic E-state index is 11.7. The second-order valence-electron chi connectivity index (χ2n) is 6.27. The minimum absolute atomic E-state index is 0. The first kappa shape index (κ1) is 23.3. The predicted molar refractivity (Wildman–Crippen MR) is 115 cm³/mol. The van der Waals surface area contributed by atoms with Crippen LogP contribution in [0.15, 0.2) is 77.6 Å². The van der Waals surface area contributed by atoms with E-state index in [1.54, 1.807) is 23.5 Å². The van der Waals surface area contributed by atoms with Gasteiger partial charge in [0.2, 0.25) is 5.91 Å². The molecule has 3 aromatic rings. The lowest BCUT2D eigenvalue weighted by Gasteiger charge is -2.07. The zero-order valence-electron chi connectivity index (χ0n) is 16.1. The van der Waals surface area contributed by atoms with Crippen molar-refractivity contribution in [1.29, 1.82) is 0 Å². The van der Waals surface area contributed by atoms with E-state index in [4.69, 9.17) is 10.1 Å². The van der Waals surface area contributed by atoms with Gasteiger partial charge in [0.15, 0.2) is 4.80 Å². The Hall–Kier alpha value is -2.97. The van der Waals surface area contributed by atoms with Crippen LogP contribution in [-0.2, 0) is 16.1 Å². The number of aromatic nitrogens is 1. The summed E-state index contributed by atoms with van der Waals surface area (Å²) >= 11 is 1.55. The predicted octanol–water partition coefficient (Wildman–Crippen LogP) is 1.44. The first-order chi connectivity index (χ1) is 14.1. The smallest absolute Gasteiger partial charge is 0.303 e. The second kappa shape index (κ2) is 11.3. The average Bonchev–Trinajstić information content (AvgIpc) is 3.11. The molecule has 0 fully saturated rings. The van der Waals surface area contributed by atoms with E-state index in [1.807, 2.05) is 36.4 Å². The highest BCUT2D eigenvalue weighted by Gasteiger charge is 2.08. The fourth-order valence-corrected chi connectivity index (χ4v) is 3.68. The minimum Gasteiger partial charge on any atom is -1.00 e. The van der Waals surface area contributed by atoms with Gasteiger partial charge < -0.3 is 32.0 Å². The van der Waals surface area contributed by atoms with Gasteiger partial charge in [0.05, 0.1) is 17.8 Å². The Morgan fingerprint density at radius 1 is 1.10 bits per heavy atom. The van der Waals surface area contributed by atoms with Crippen molar-refractivity contribution in [3.8, 4) is 11.3 Å². The Morgan fingerprint density at radius 3 is 2.43 bits per heavy atom. The number of hydrogen-bond donors (Lipinski definition) is 2. The van der Waals surface area contributed by atoms with Gasteiger partial charge in [-0.25, -0.2) is 4.99 Å². The number of halogens is 1. The molecule has 1 aromatic heterocycles. The summed E-state index contributed by atoms with van der Waals surface area (Å²) in [6, 6.07) is 17.3. The molecule has 156 valence electrons. The number of amides is 1. The van der Waals surface area contributed by atoms with Crippen LogP contribution >= 0.6 is 11.3 Å². The average molecular weight is 487 g/mol. The molecule has 0 bridgehead atoms. The van der Waals surface area contributed by atoms with Gasteiger partial charge >= 0.3 is 5.97 Å².